The van der Waals surface area contributed by atoms with E-state index in [1.165, 1.54) is 24.4 Å². The molecule has 0 saturated heterocycles. The standard InChI is InChI=1S/C15H20O2S/c1-6-13(14(16)17-5)18-12-9-7-11(8-10-12)15(2,3)4/h6-10,13H,1H2,2-5H3. The van der Waals surface area contributed by atoms with E-state index in [9.17, 15) is 4.79 Å². The van der Waals surface area contributed by atoms with Gasteiger partial charge in [0.1, 0.15) is 5.25 Å². The normalized spacial score (nSPS) is 12.9. The molecule has 0 aromatic heterocycles. The Morgan fingerprint density at radius 1 is 1.33 bits per heavy atom. The molecule has 0 spiro atoms. The Bertz CT molecular complexity index is 415. The minimum absolute atomic E-state index is 0.142. The fourth-order valence-corrected chi connectivity index (χ4v) is 2.36. The van der Waals surface area contributed by atoms with Crippen molar-refractivity contribution in [1.29, 1.82) is 0 Å². The molecule has 1 aromatic rings. The molecular weight excluding hydrogens is 244 g/mol. The van der Waals surface area contributed by atoms with Crippen LogP contribution in [0.5, 0.6) is 0 Å². The van der Waals surface area contributed by atoms with E-state index in [-0.39, 0.29) is 16.6 Å². The molecule has 0 aliphatic carbocycles. The number of benzene rings is 1. The van der Waals surface area contributed by atoms with Crippen LogP contribution in [0.1, 0.15) is 26.3 Å². The van der Waals surface area contributed by atoms with Gasteiger partial charge >= 0.3 is 5.97 Å². The van der Waals surface area contributed by atoms with Crippen molar-refractivity contribution in [3.05, 3.63) is 42.5 Å². The molecule has 3 heteroatoms. The Hall–Kier alpha value is -1.22. The number of thioether (sulfide) groups is 1. The molecule has 18 heavy (non-hydrogen) atoms. The van der Waals surface area contributed by atoms with Crippen LogP contribution < -0.4 is 0 Å². The Morgan fingerprint density at radius 3 is 2.28 bits per heavy atom. The molecular formula is C15H20O2S. The highest BCUT2D eigenvalue weighted by atomic mass is 32.2. The van der Waals surface area contributed by atoms with Gasteiger partial charge in [0.15, 0.2) is 0 Å². The number of hydrogen-bond acceptors (Lipinski definition) is 3. The summed E-state index contributed by atoms with van der Waals surface area (Å²) in [4.78, 5) is 12.5. The van der Waals surface area contributed by atoms with E-state index in [2.05, 4.69) is 39.5 Å². The van der Waals surface area contributed by atoms with Crippen LogP contribution >= 0.6 is 11.8 Å². The van der Waals surface area contributed by atoms with Gasteiger partial charge in [0, 0.05) is 4.90 Å². The summed E-state index contributed by atoms with van der Waals surface area (Å²) in [5.74, 6) is -0.269. The zero-order valence-corrected chi connectivity index (χ0v) is 12.2. The van der Waals surface area contributed by atoms with E-state index in [4.69, 9.17) is 4.74 Å². The topological polar surface area (TPSA) is 26.3 Å². The van der Waals surface area contributed by atoms with Gasteiger partial charge in [-0.15, -0.1) is 18.3 Å². The lowest BCUT2D eigenvalue weighted by molar-refractivity contribution is -0.139. The number of methoxy groups -OCH3 is 1. The predicted octanol–water partition coefficient (Wildman–Crippen LogP) is 3.80. The third kappa shape index (κ3) is 3.91. The first-order chi connectivity index (χ1) is 8.38. The van der Waals surface area contributed by atoms with Crippen LogP contribution in [0, 0.1) is 0 Å². The second-order valence-corrected chi connectivity index (χ2v) is 6.29. The van der Waals surface area contributed by atoms with Crippen LogP contribution in [-0.4, -0.2) is 18.3 Å². The highest BCUT2D eigenvalue weighted by Crippen LogP contribution is 2.28. The predicted molar refractivity (Wildman–Crippen MR) is 77.0 cm³/mol. The molecule has 0 bridgehead atoms. The second-order valence-electron chi connectivity index (χ2n) is 5.07. The fraction of sp³-hybridized carbons (Fsp3) is 0.400. The van der Waals surface area contributed by atoms with Crippen LogP contribution in [0.25, 0.3) is 0 Å². The minimum atomic E-state index is -0.351. The van der Waals surface area contributed by atoms with E-state index in [0.29, 0.717) is 0 Å². The summed E-state index contributed by atoms with van der Waals surface area (Å²) in [5, 5.41) is -0.351. The number of rotatable bonds is 4. The summed E-state index contributed by atoms with van der Waals surface area (Å²) >= 11 is 1.45. The van der Waals surface area contributed by atoms with Crippen LogP contribution in [-0.2, 0) is 14.9 Å². The monoisotopic (exact) mass is 264 g/mol. The number of esters is 1. The molecule has 0 saturated carbocycles. The van der Waals surface area contributed by atoms with Crippen LogP contribution in [0.15, 0.2) is 41.8 Å². The Labute approximate surface area is 113 Å². The van der Waals surface area contributed by atoms with E-state index in [0.717, 1.165) is 4.90 Å². The van der Waals surface area contributed by atoms with Crippen LogP contribution in [0.2, 0.25) is 0 Å². The zero-order chi connectivity index (χ0) is 13.8. The largest absolute Gasteiger partial charge is 0.468 e. The SMILES string of the molecule is C=CC(Sc1ccc(C(C)(C)C)cc1)C(=O)OC. The van der Waals surface area contributed by atoms with Crippen molar-refractivity contribution in [1.82, 2.24) is 0 Å². The van der Waals surface area contributed by atoms with Crippen molar-refractivity contribution in [2.75, 3.05) is 7.11 Å². The van der Waals surface area contributed by atoms with E-state index in [1.807, 2.05) is 12.1 Å². The Kier molecular flexibility index (Phi) is 5.03. The Balaban J connectivity index is 2.80. The van der Waals surface area contributed by atoms with Gasteiger partial charge in [-0.1, -0.05) is 39.0 Å². The van der Waals surface area contributed by atoms with Crippen LogP contribution in [0.3, 0.4) is 0 Å². The van der Waals surface area contributed by atoms with Gasteiger partial charge in [-0.05, 0) is 23.1 Å². The van der Waals surface area contributed by atoms with Gasteiger partial charge in [0.2, 0.25) is 0 Å². The van der Waals surface area contributed by atoms with Gasteiger partial charge in [-0.2, -0.15) is 0 Å². The minimum Gasteiger partial charge on any atom is -0.468 e. The summed E-state index contributed by atoms with van der Waals surface area (Å²) in [6.07, 6.45) is 1.61. The maximum Gasteiger partial charge on any atom is 0.323 e. The highest BCUT2D eigenvalue weighted by molar-refractivity contribution is 8.00. The molecule has 0 radical (unpaired) electrons. The second kappa shape index (κ2) is 6.10. The van der Waals surface area contributed by atoms with Crippen LogP contribution in [0.4, 0.5) is 0 Å². The molecule has 1 rings (SSSR count). The first-order valence-corrected chi connectivity index (χ1v) is 6.74. The summed E-state index contributed by atoms with van der Waals surface area (Å²) < 4.78 is 4.72. The van der Waals surface area contributed by atoms with Crippen molar-refractivity contribution in [3.63, 3.8) is 0 Å². The molecule has 0 heterocycles. The van der Waals surface area contributed by atoms with E-state index < -0.39 is 0 Å². The number of ether oxygens (including phenoxy) is 1. The highest BCUT2D eigenvalue weighted by Gasteiger charge is 2.17. The van der Waals surface area contributed by atoms with Crippen molar-refractivity contribution in [2.45, 2.75) is 36.3 Å². The lowest BCUT2D eigenvalue weighted by Gasteiger charge is -2.19. The molecule has 2 nitrogen and oxygen atoms in total. The summed E-state index contributed by atoms with van der Waals surface area (Å²) in [6.45, 7) is 10.2. The van der Waals surface area contributed by atoms with Crippen molar-refractivity contribution in [3.8, 4) is 0 Å². The van der Waals surface area contributed by atoms with Gasteiger partial charge in [-0.25, -0.2) is 0 Å². The average Bonchev–Trinajstić information content (AvgIpc) is 2.34. The molecule has 1 atom stereocenters. The van der Waals surface area contributed by atoms with Crippen molar-refractivity contribution in [2.24, 2.45) is 0 Å². The first kappa shape index (κ1) is 14.8. The Morgan fingerprint density at radius 2 is 1.89 bits per heavy atom. The van der Waals surface area contributed by atoms with Gasteiger partial charge in [0.25, 0.3) is 0 Å². The fourth-order valence-electron chi connectivity index (χ4n) is 1.49. The zero-order valence-electron chi connectivity index (χ0n) is 11.4. The van der Waals surface area contributed by atoms with Gasteiger partial charge in [-0.3, -0.25) is 4.79 Å². The molecule has 0 amide bonds. The number of carbonyl (C=O) groups is 1. The molecule has 98 valence electrons. The lowest BCUT2D eigenvalue weighted by atomic mass is 9.87. The number of carbonyl (C=O) groups excluding carboxylic acids is 1. The molecule has 0 fully saturated rings. The quantitative estimate of drug-likeness (QED) is 0.470. The molecule has 1 aromatic carbocycles. The molecule has 0 N–H and O–H groups in total. The maximum absolute atomic E-state index is 11.5. The third-order valence-electron chi connectivity index (χ3n) is 2.63. The molecule has 0 aliphatic rings. The van der Waals surface area contributed by atoms with Gasteiger partial charge < -0.3 is 4.74 Å². The van der Waals surface area contributed by atoms with E-state index in [1.54, 1.807) is 6.08 Å². The maximum atomic E-state index is 11.5. The van der Waals surface area contributed by atoms with Crippen molar-refractivity contribution < 1.29 is 9.53 Å². The summed E-state index contributed by atoms with van der Waals surface area (Å²) in [7, 11) is 1.39. The van der Waals surface area contributed by atoms with Gasteiger partial charge in [0.05, 0.1) is 7.11 Å². The molecule has 1 unspecified atom stereocenters. The smallest absolute Gasteiger partial charge is 0.323 e. The van der Waals surface area contributed by atoms with E-state index >= 15 is 0 Å². The summed E-state index contributed by atoms with van der Waals surface area (Å²) in [5.41, 5.74) is 1.42. The van der Waals surface area contributed by atoms with Crippen molar-refractivity contribution >= 4 is 17.7 Å². The summed E-state index contributed by atoms with van der Waals surface area (Å²) in [6, 6.07) is 8.26. The lowest BCUT2D eigenvalue weighted by Crippen LogP contribution is -2.15. The average molecular weight is 264 g/mol. The first-order valence-electron chi connectivity index (χ1n) is 5.86. The third-order valence-corrected chi connectivity index (χ3v) is 3.81. The molecule has 0 aliphatic heterocycles. The number of hydrogen-bond donors (Lipinski definition) is 0.